The number of nitrogens with one attached hydrogen (secondary N) is 1. The van der Waals surface area contributed by atoms with Crippen molar-refractivity contribution in [2.45, 2.75) is 25.9 Å². The number of thioether (sulfide) groups is 1. The number of hydrogen-bond acceptors (Lipinski definition) is 4. The predicted octanol–water partition coefficient (Wildman–Crippen LogP) is 4.58. The Morgan fingerprint density at radius 3 is 2.69 bits per heavy atom. The topological polar surface area (TPSA) is 59.8 Å². The summed E-state index contributed by atoms with van der Waals surface area (Å²) in [5, 5.41) is 12.4. The van der Waals surface area contributed by atoms with E-state index >= 15 is 0 Å². The molecular weight excluding hydrogens is 368 g/mol. The summed E-state index contributed by atoms with van der Waals surface area (Å²) in [6, 6.07) is 13.4. The molecule has 2 aromatic carbocycles. The maximum Gasteiger partial charge on any atom is 0.234 e. The number of aromatic nitrogens is 3. The van der Waals surface area contributed by atoms with Crippen molar-refractivity contribution in [3.05, 3.63) is 64.4 Å². The minimum absolute atomic E-state index is 0.142. The SMILES string of the molecule is Cc1ccc(C)c(-n2c(C)nnc2SCC(=O)Nc2ccccc2Cl)c1. The van der Waals surface area contributed by atoms with E-state index in [1.807, 2.05) is 37.5 Å². The van der Waals surface area contributed by atoms with Gasteiger partial charge in [-0.2, -0.15) is 0 Å². The molecule has 0 atom stereocenters. The molecule has 1 N–H and O–H groups in total. The summed E-state index contributed by atoms with van der Waals surface area (Å²) >= 11 is 7.42. The Labute approximate surface area is 161 Å². The molecule has 0 aliphatic carbocycles. The van der Waals surface area contributed by atoms with E-state index in [9.17, 15) is 4.79 Å². The Balaban J connectivity index is 1.76. The van der Waals surface area contributed by atoms with Crippen LogP contribution in [0.25, 0.3) is 5.69 Å². The number of nitrogens with zero attached hydrogens (tertiary/aromatic N) is 3. The van der Waals surface area contributed by atoms with Crippen LogP contribution in [0.15, 0.2) is 47.6 Å². The molecule has 0 aliphatic heterocycles. The molecule has 1 aromatic heterocycles. The molecule has 1 heterocycles. The second kappa shape index (κ2) is 7.93. The van der Waals surface area contributed by atoms with Crippen molar-refractivity contribution in [3.63, 3.8) is 0 Å². The van der Waals surface area contributed by atoms with E-state index in [-0.39, 0.29) is 11.7 Å². The van der Waals surface area contributed by atoms with Crippen molar-refractivity contribution in [2.24, 2.45) is 0 Å². The number of amides is 1. The smallest absolute Gasteiger partial charge is 0.234 e. The summed E-state index contributed by atoms with van der Waals surface area (Å²) in [5.74, 6) is 0.859. The van der Waals surface area contributed by atoms with Gasteiger partial charge in [0.15, 0.2) is 5.16 Å². The monoisotopic (exact) mass is 386 g/mol. The second-order valence-electron chi connectivity index (χ2n) is 5.97. The predicted molar refractivity (Wildman–Crippen MR) is 106 cm³/mol. The van der Waals surface area contributed by atoms with Crippen LogP contribution in [0.1, 0.15) is 17.0 Å². The zero-order chi connectivity index (χ0) is 18.7. The number of carbonyl (C=O) groups is 1. The molecular formula is C19H19ClN4OS. The minimum atomic E-state index is -0.142. The van der Waals surface area contributed by atoms with Crippen LogP contribution in [-0.2, 0) is 4.79 Å². The van der Waals surface area contributed by atoms with Gasteiger partial charge in [0.1, 0.15) is 5.82 Å². The molecule has 0 spiro atoms. The molecule has 3 rings (SSSR count). The van der Waals surface area contributed by atoms with E-state index in [1.165, 1.54) is 11.8 Å². The molecule has 0 saturated heterocycles. The zero-order valence-corrected chi connectivity index (χ0v) is 16.4. The van der Waals surface area contributed by atoms with Gasteiger partial charge in [0.25, 0.3) is 0 Å². The Kier molecular flexibility index (Phi) is 5.64. The third kappa shape index (κ3) is 4.08. The highest BCUT2D eigenvalue weighted by atomic mass is 35.5. The summed E-state index contributed by atoms with van der Waals surface area (Å²) in [4.78, 5) is 12.3. The Bertz CT molecular complexity index is 954. The first-order valence-electron chi connectivity index (χ1n) is 8.12. The summed E-state index contributed by atoms with van der Waals surface area (Å²) in [5.41, 5.74) is 3.92. The van der Waals surface area contributed by atoms with Gasteiger partial charge in [-0.3, -0.25) is 9.36 Å². The summed E-state index contributed by atoms with van der Waals surface area (Å²) in [7, 11) is 0. The van der Waals surface area contributed by atoms with Crippen molar-refractivity contribution in [1.82, 2.24) is 14.8 Å². The molecule has 0 radical (unpaired) electrons. The molecule has 0 aliphatic rings. The standard InChI is InChI=1S/C19H19ClN4OS/c1-12-8-9-13(2)17(10-12)24-14(3)22-23-19(24)26-11-18(25)21-16-7-5-4-6-15(16)20/h4-10H,11H2,1-3H3,(H,21,25). The number of hydrogen-bond donors (Lipinski definition) is 1. The lowest BCUT2D eigenvalue weighted by atomic mass is 10.1. The van der Waals surface area contributed by atoms with E-state index in [4.69, 9.17) is 11.6 Å². The fraction of sp³-hybridized carbons (Fsp3) is 0.211. The maximum atomic E-state index is 12.3. The van der Waals surface area contributed by atoms with Crippen molar-refractivity contribution in [2.75, 3.05) is 11.1 Å². The molecule has 7 heteroatoms. The van der Waals surface area contributed by atoms with E-state index in [1.54, 1.807) is 12.1 Å². The number of carbonyl (C=O) groups excluding carboxylic acids is 1. The number of benzene rings is 2. The quantitative estimate of drug-likeness (QED) is 0.652. The lowest BCUT2D eigenvalue weighted by Crippen LogP contribution is -2.15. The normalized spacial score (nSPS) is 10.8. The number of para-hydroxylation sites is 1. The summed E-state index contributed by atoms with van der Waals surface area (Å²) in [6.07, 6.45) is 0. The van der Waals surface area contributed by atoms with Gasteiger partial charge < -0.3 is 5.32 Å². The van der Waals surface area contributed by atoms with E-state index in [2.05, 4.69) is 33.7 Å². The zero-order valence-electron chi connectivity index (χ0n) is 14.8. The first-order chi connectivity index (χ1) is 12.5. The fourth-order valence-corrected chi connectivity index (χ4v) is 3.53. The van der Waals surface area contributed by atoms with Crippen molar-refractivity contribution in [1.29, 1.82) is 0 Å². The first kappa shape index (κ1) is 18.5. The summed E-state index contributed by atoms with van der Waals surface area (Å²) < 4.78 is 1.98. The molecule has 0 saturated carbocycles. The van der Waals surface area contributed by atoms with Gasteiger partial charge in [0.05, 0.1) is 22.2 Å². The highest BCUT2D eigenvalue weighted by Gasteiger charge is 2.15. The largest absolute Gasteiger partial charge is 0.324 e. The lowest BCUT2D eigenvalue weighted by Gasteiger charge is -2.12. The Morgan fingerprint density at radius 1 is 1.15 bits per heavy atom. The molecule has 0 bridgehead atoms. The fourth-order valence-electron chi connectivity index (χ4n) is 2.55. The third-order valence-corrected chi connectivity index (χ3v) is 5.14. The van der Waals surface area contributed by atoms with Crippen LogP contribution in [0, 0.1) is 20.8 Å². The van der Waals surface area contributed by atoms with Gasteiger partial charge in [0, 0.05) is 0 Å². The van der Waals surface area contributed by atoms with Crippen LogP contribution in [-0.4, -0.2) is 26.4 Å². The maximum absolute atomic E-state index is 12.3. The molecule has 26 heavy (non-hydrogen) atoms. The number of rotatable bonds is 5. The van der Waals surface area contributed by atoms with Crippen molar-refractivity contribution in [3.8, 4) is 5.69 Å². The van der Waals surface area contributed by atoms with Crippen LogP contribution in [0.5, 0.6) is 0 Å². The average molecular weight is 387 g/mol. The van der Waals surface area contributed by atoms with Crippen molar-refractivity contribution >= 4 is 35.0 Å². The number of anilines is 1. The number of halogens is 1. The minimum Gasteiger partial charge on any atom is -0.324 e. The van der Waals surface area contributed by atoms with Gasteiger partial charge in [-0.05, 0) is 50.1 Å². The molecule has 0 unspecified atom stereocenters. The van der Waals surface area contributed by atoms with Crippen LogP contribution >= 0.6 is 23.4 Å². The van der Waals surface area contributed by atoms with E-state index in [0.29, 0.717) is 15.9 Å². The Morgan fingerprint density at radius 2 is 1.92 bits per heavy atom. The van der Waals surface area contributed by atoms with E-state index < -0.39 is 0 Å². The molecule has 3 aromatic rings. The Hall–Kier alpha value is -2.31. The van der Waals surface area contributed by atoms with Crippen LogP contribution in [0.3, 0.4) is 0 Å². The second-order valence-corrected chi connectivity index (χ2v) is 7.32. The first-order valence-corrected chi connectivity index (χ1v) is 9.49. The van der Waals surface area contributed by atoms with Gasteiger partial charge in [-0.15, -0.1) is 10.2 Å². The highest BCUT2D eigenvalue weighted by Crippen LogP contribution is 2.26. The van der Waals surface area contributed by atoms with Gasteiger partial charge in [0.2, 0.25) is 5.91 Å². The van der Waals surface area contributed by atoms with Crippen molar-refractivity contribution < 1.29 is 4.79 Å². The molecule has 134 valence electrons. The van der Waals surface area contributed by atoms with E-state index in [0.717, 1.165) is 22.6 Å². The van der Waals surface area contributed by atoms with Gasteiger partial charge in [-0.1, -0.05) is 47.6 Å². The highest BCUT2D eigenvalue weighted by molar-refractivity contribution is 7.99. The molecule has 5 nitrogen and oxygen atoms in total. The molecule has 0 fully saturated rings. The number of aryl methyl sites for hydroxylation is 3. The third-order valence-electron chi connectivity index (χ3n) is 3.88. The van der Waals surface area contributed by atoms with Gasteiger partial charge in [-0.25, -0.2) is 0 Å². The lowest BCUT2D eigenvalue weighted by molar-refractivity contribution is -0.113. The van der Waals surface area contributed by atoms with Crippen LogP contribution in [0.4, 0.5) is 5.69 Å². The average Bonchev–Trinajstić information content (AvgIpc) is 2.98. The van der Waals surface area contributed by atoms with Crippen LogP contribution in [0.2, 0.25) is 5.02 Å². The van der Waals surface area contributed by atoms with Gasteiger partial charge >= 0.3 is 0 Å². The molecule has 1 amide bonds. The van der Waals surface area contributed by atoms with Crippen LogP contribution < -0.4 is 5.32 Å². The summed E-state index contributed by atoms with van der Waals surface area (Å²) in [6.45, 7) is 6.00.